The molecule has 9 heteroatoms. The first-order chi connectivity index (χ1) is 15.6. The smallest absolute Gasteiger partial charge is 0.233 e. The fourth-order valence-corrected chi connectivity index (χ4v) is 4.20. The molecule has 2 heterocycles. The molecule has 1 amide bonds. The van der Waals surface area contributed by atoms with Crippen molar-refractivity contribution in [3.05, 3.63) is 48.3 Å². The molecular formula is C23H29N5O3S. The molecule has 1 aromatic carbocycles. The van der Waals surface area contributed by atoms with E-state index in [9.17, 15) is 4.79 Å². The summed E-state index contributed by atoms with van der Waals surface area (Å²) in [5.74, 6) is 2.45. The molecule has 32 heavy (non-hydrogen) atoms. The summed E-state index contributed by atoms with van der Waals surface area (Å²) >= 11 is 1.42. The van der Waals surface area contributed by atoms with Crippen LogP contribution < -0.4 is 9.47 Å². The minimum absolute atomic E-state index is 0.0452. The number of ether oxygens (including phenoxy) is 2. The molecule has 3 aromatic rings. The maximum Gasteiger partial charge on any atom is 0.233 e. The van der Waals surface area contributed by atoms with E-state index in [4.69, 9.17) is 9.47 Å². The minimum Gasteiger partial charge on any atom is -0.493 e. The number of pyridine rings is 1. The predicted octanol–water partition coefficient (Wildman–Crippen LogP) is 3.91. The van der Waals surface area contributed by atoms with Crippen LogP contribution in [0.2, 0.25) is 0 Å². The molecule has 0 N–H and O–H groups in total. The first kappa shape index (κ1) is 23.6. The van der Waals surface area contributed by atoms with Gasteiger partial charge in [0.2, 0.25) is 5.91 Å². The van der Waals surface area contributed by atoms with E-state index in [-0.39, 0.29) is 5.91 Å². The zero-order chi connectivity index (χ0) is 22.9. The highest BCUT2D eigenvalue weighted by atomic mass is 32.2. The zero-order valence-corrected chi connectivity index (χ0v) is 19.8. The van der Waals surface area contributed by atoms with Crippen molar-refractivity contribution in [2.75, 3.05) is 26.5 Å². The Morgan fingerprint density at radius 1 is 1.06 bits per heavy atom. The maximum atomic E-state index is 13.0. The van der Waals surface area contributed by atoms with Gasteiger partial charge in [0, 0.05) is 37.6 Å². The van der Waals surface area contributed by atoms with Crippen LogP contribution in [0.4, 0.5) is 0 Å². The van der Waals surface area contributed by atoms with Crippen LogP contribution in [0.25, 0.3) is 11.4 Å². The lowest BCUT2D eigenvalue weighted by atomic mass is 10.2. The third-order valence-corrected chi connectivity index (χ3v) is 5.93. The van der Waals surface area contributed by atoms with Gasteiger partial charge in [-0.15, -0.1) is 10.2 Å². The van der Waals surface area contributed by atoms with Crippen LogP contribution in [-0.4, -0.2) is 57.1 Å². The van der Waals surface area contributed by atoms with Crippen molar-refractivity contribution in [3.63, 3.8) is 0 Å². The van der Waals surface area contributed by atoms with Crippen molar-refractivity contribution in [2.24, 2.45) is 0 Å². The molecule has 0 unspecified atom stereocenters. The number of methoxy groups -OCH3 is 2. The van der Waals surface area contributed by atoms with Crippen molar-refractivity contribution >= 4 is 17.7 Å². The number of carbonyl (C=O) groups is 1. The number of hydrogen-bond acceptors (Lipinski definition) is 7. The molecule has 3 rings (SSSR count). The van der Waals surface area contributed by atoms with Gasteiger partial charge in [0.15, 0.2) is 22.5 Å². The molecule has 0 atom stereocenters. The van der Waals surface area contributed by atoms with Crippen LogP contribution in [0.5, 0.6) is 11.5 Å². The van der Waals surface area contributed by atoms with E-state index in [0.717, 1.165) is 35.1 Å². The van der Waals surface area contributed by atoms with Gasteiger partial charge in [-0.25, -0.2) is 0 Å². The Hall–Kier alpha value is -3.07. The average molecular weight is 456 g/mol. The minimum atomic E-state index is 0.0452. The van der Waals surface area contributed by atoms with Gasteiger partial charge >= 0.3 is 0 Å². The van der Waals surface area contributed by atoms with Gasteiger partial charge in [0.1, 0.15) is 0 Å². The van der Waals surface area contributed by atoms with Crippen LogP contribution in [-0.2, 0) is 17.9 Å². The third kappa shape index (κ3) is 5.59. The van der Waals surface area contributed by atoms with E-state index in [0.29, 0.717) is 30.3 Å². The molecule has 0 spiro atoms. The Balaban J connectivity index is 1.69. The third-order valence-electron chi connectivity index (χ3n) is 4.98. The van der Waals surface area contributed by atoms with Gasteiger partial charge in [0.05, 0.1) is 20.0 Å². The monoisotopic (exact) mass is 455 g/mol. The number of aromatic nitrogens is 4. The number of rotatable bonds is 11. The molecular weight excluding hydrogens is 426 g/mol. The normalized spacial score (nSPS) is 10.8. The quantitative estimate of drug-likeness (QED) is 0.406. The van der Waals surface area contributed by atoms with Gasteiger partial charge in [-0.05, 0) is 43.2 Å². The standard InChI is InChI=1S/C23H29N5O3S/c1-5-13-28-22(18-9-11-24-12-10-18)25-26-23(28)32-16-21(29)27(6-2)15-17-7-8-19(30-3)20(14-17)31-4/h7-12,14H,5-6,13,15-16H2,1-4H3. The highest BCUT2D eigenvalue weighted by Crippen LogP contribution is 2.28. The molecule has 0 fully saturated rings. The fourth-order valence-electron chi connectivity index (χ4n) is 3.33. The van der Waals surface area contributed by atoms with E-state index >= 15 is 0 Å². The number of benzene rings is 1. The molecule has 0 radical (unpaired) electrons. The topological polar surface area (TPSA) is 82.4 Å². The van der Waals surface area contributed by atoms with Crippen molar-refractivity contribution in [1.82, 2.24) is 24.6 Å². The molecule has 0 saturated heterocycles. The molecule has 0 saturated carbocycles. The van der Waals surface area contributed by atoms with Crippen LogP contribution in [0.15, 0.2) is 47.9 Å². The van der Waals surface area contributed by atoms with E-state index in [1.807, 2.05) is 42.2 Å². The Bertz CT molecular complexity index is 1030. The first-order valence-electron chi connectivity index (χ1n) is 10.6. The zero-order valence-electron chi connectivity index (χ0n) is 18.9. The molecule has 0 bridgehead atoms. The van der Waals surface area contributed by atoms with Gasteiger partial charge in [-0.1, -0.05) is 24.8 Å². The van der Waals surface area contributed by atoms with Gasteiger partial charge < -0.3 is 18.9 Å². The molecule has 8 nitrogen and oxygen atoms in total. The van der Waals surface area contributed by atoms with Crippen molar-refractivity contribution in [1.29, 1.82) is 0 Å². The second kappa shape index (κ2) is 11.5. The number of carbonyl (C=O) groups excluding carboxylic acids is 1. The van der Waals surface area contributed by atoms with Crippen molar-refractivity contribution in [3.8, 4) is 22.9 Å². The molecule has 0 aliphatic rings. The maximum absolute atomic E-state index is 13.0. The van der Waals surface area contributed by atoms with E-state index in [2.05, 4.69) is 26.7 Å². The van der Waals surface area contributed by atoms with Crippen molar-refractivity contribution in [2.45, 2.75) is 38.5 Å². The Labute approximate surface area is 193 Å². The molecule has 0 aliphatic carbocycles. The average Bonchev–Trinajstić information content (AvgIpc) is 3.24. The second-order valence-corrected chi connectivity index (χ2v) is 8.02. The largest absolute Gasteiger partial charge is 0.493 e. The summed E-state index contributed by atoms with van der Waals surface area (Å²) in [4.78, 5) is 18.8. The fraction of sp³-hybridized carbons (Fsp3) is 0.391. The Morgan fingerprint density at radius 2 is 1.81 bits per heavy atom. The molecule has 170 valence electrons. The highest BCUT2D eigenvalue weighted by molar-refractivity contribution is 7.99. The van der Waals surface area contributed by atoms with Crippen LogP contribution >= 0.6 is 11.8 Å². The van der Waals surface area contributed by atoms with Crippen LogP contribution in [0.3, 0.4) is 0 Å². The first-order valence-corrected chi connectivity index (χ1v) is 11.5. The Kier molecular flexibility index (Phi) is 8.49. The summed E-state index contributed by atoms with van der Waals surface area (Å²) in [5.41, 5.74) is 1.94. The van der Waals surface area contributed by atoms with Crippen LogP contribution in [0.1, 0.15) is 25.8 Å². The lowest BCUT2D eigenvalue weighted by Crippen LogP contribution is -2.31. The summed E-state index contributed by atoms with van der Waals surface area (Å²) in [6, 6.07) is 9.54. The number of amides is 1. The van der Waals surface area contributed by atoms with E-state index in [1.54, 1.807) is 26.6 Å². The summed E-state index contributed by atoms with van der Waals surface area (Å²) in [5, 5.41) is 9.46. The lowest BCUT2D eigenvalue weighted by molar-refractivity contribution is -0.128. The van der Waals surface area contributed by atoms with Crippen molar-refractivity contribution < 1.29 is 14.3 Å². The SMILES string of the molecule is CCCn1c(SCC(=O)N(CC)Cc2ccc(OC)c(OC)c2)nnc1-c1ccncc1. The second-order valence-electron chi connectivity index (χ2n) is 7.08. The Morgan fingerprint density at radius 3 is 2.47 bits per heavy atom. The van der Waals surface area contributed by atoms with E-state index in [1.165, 1.54) is 11.8 Å². The summed E-state index contributed by atoms with van der Waals surface area (Å²) < 4.78 is 12.7. The van der Waals surface area contributed by atoms with E-state index < -0.39 is 0 Å². The van der Waals surface area contributed by atoms with Gasteiger partial charge in [0.25, 0.3) is 0 Å². The lowest BCUT2D eigenvalue weighted by Gasteiger charge is -2.21. The summed E-state index contributed by atoms with van der Waals surface area (Å²) in [6.07, 6.45) is 4.42. The van der Waals surface area contributed by atoms with Gasteiger partial charge in [-0.3, -0.25) is 9.78 Å². The van der Waals surface area contributed by atoms with Crippen LogP contribution in [0, 0.1) is 0 Å². The summed E-state index contributed by atoms with van der Waals surface area (Å²) in [6.45, 7) is 5.98. The number of hydrogen-bond donors (Lipinski definition) is 0. The van der Waals surface area contributed by atoms with Gasteiger partial charge in [-0.2, -0.15) is 0 Å². The predicted molar refractivity (Wildman–Crippen MR) is 125 cm³/mol. The number of thioether (sulfide) groups is 1. The molecule has 0 aliphatic heterocycles. The summed E-state index contributed by atoms with van der Waals surface area (Å²) in [7, 11) is 3.21. The number of nitrogens with zero attached hydrogens (tertiary/aromatic N) is 5. The molecule has 2 aromatic heterocycles. The highest BCUT2D eigenvalue weighted by Gasteiger charge is 2.18.